The fourth-order valence-corrected chi connectivity index (χ4v) is 2.93. The minimum Gasteiger partial charge on any atom is -0.492 e. The minimum absolute atomic E-state index is 0.0422. The number of nitro benzene ring substituents is 1. The van der Waals surface area contributed by atoms with Crippen molar-refractivity contribution in [1.82, 2.24) is 19.8 Å². The topological polar surface area (TPSA) is 85.5 Å². The molecule has 1 saturated heterocycles. The van der Waals surface area contributed by atoms with E-state index in [0.717, 1.165) is 32.0 Å². The fourth-order valence-electron chi connectivity index (χ4n) is 2.93. The highest BCUT2D eigenvalue weighted by Gasteiger charge is 2.26. The molecular weight excluding hydrogens is 310 g/mol. The van der Waals surface area contributed by atoms with E-state index >= 15 is 0 Å². The molecule has 0 spiro atoms. The van der Waals surface area contributed by atoms with E-state index in [4.69, 9.17) is 4.74 Å². The van der Waals surface area contributed by atoms with Crippen LogP contribution >= 0.6 is 0 Å². The Morgan fingerprint density at radius 1 is 1.50 bits per heavy atom. The second kappa shape index (κ2) is 7.41. The second-order valence-corrected chi connectivity index (χ2v) is 5.76. The van der Waals surface area contributed by atoms with Crippen LogP contribution in [0.4, 0.5) is 5.69 Å². The van der Waals surface area contributed by atoms with Crippen molar-refractivity contribution >= 4 is 5.69 Å². The number of nitro groups is 1. The predicted molar refractivity (Wildman–Crippen MR) is 89.0 cm³/mol. The van der Waals surface area contributed by atoms with Gasteiger partial charge in [-0.15, -0.1) is 0 Å². The summed E-state index contributed by atoms with van der Waals surface area (Å²) < 4.78 is 7.74. The van der Waals surface area contributed by atoms with Crippen LogP contribution in [0, 0.1) is 10.1 Å². The van der Waals surface area contributed by atoms with Gasteiger partial charge in [-0.3, -0.25) is 15.0 Å². The maximum absolute atomic E-state index is 10.8. The van der Waals surface area contributed by atoms with Crippen molar-refractivity contribution < 1.29 is 9.66 Å². The summed E-state index contributed by atoms with van der Waals surface area (Å²) in [6, 6.07) is 6.48. The van der Waals surface area contributed by atoms with E-state index in [1.807, 2.05) is 24.0 Å². The monoisotopic (exact) mass is 331 g/mol. The third-order valence-corrected chi connectivity index (χ3v) is 4.19. The smallest absolute Gasteiger partial charge is 0.273 e. The third kappa shape index (κ3) is 3.72. The van der Waals surface area contributed by atoms with E-state index in [1.54, 1.807) is 12.1 Å². The molecule has 1 aliphatic heterocycles. The molecule has 1 N–H and O–H groups in total. The maximum Gasteiger partial charge on any atom is 0.273 e. The molecule has 1 aliphatic rings. The van der Waals surface area contributed by atoms with E-state index < -0.39 is 4.92 Å². The van der Waals surface area contributed by atoms with Crippen molar-refractivity contribution in [2.24, 2.45) is 7.05 Å². The normalized spacial score (nSPS) is 18.5. The van der Waals surface area contributed by atoms with Crippen LogP contribution in [-0.2, 0) is 7.05 Å². The Morgan fingerprint density at radius 3 is 3.12 bits per heavy atom. The molecule has 0 amide bonds. The van der Waals surface area contributed by atoms with Gasteiger partial charge in [-0.25, -0.2) is 4.98 Å². The number of ether oxygens (including phenoxy) is 1. The number of rotatable bonds is 6. The van der Waals surface area contributed by atoms with Crippen LogP contribution in [0.3, 0.4) is 0 Å². The molecule has 8 heteroatoms. The average Bonchev–Trinajstić information content (AvgIpc) is 3.01. The van der Waals surface area contributed by atoms with Gasteiger partial charge in [0.25, 0.3) is 5.69 Å². The van der Waals surface area contributed by atoms with E-state index in [1.165, 1.54) is 12.1 Å². The number of hydrogen-bond donors (Lipinski definition) is 1. The lowest BCUT2D eigenvalue weighted by atomic mass is 10.2. The van der Waals surface area contributed by atoms with E-state index in [-0.39, 0.29) is 11.7 Å². The first-order valence-electron chi connectivity index (χ1n) is 7.94. The summed E-state index contributed by atoms with van der Waals surface area (Å²) in [6.07, 6.45) is 3.75. The lowest BCUT2D eigenvalue weighted by Gasteiger charge is -2.35. The van der Waals surface area contributed by atoms with Crippen molar-refractivity contribution in [3.8, 4) is 5.75 Å². The predicted octanol–water partition coefficient (Wildman–Crippen LogP) is 1.35. The molecule has 1 aromatic heterocycles. The van der Waals surface area contributed by atoms with Gasteiger partial charge in [-0.05, 0) is 6.07 Å². The Balaban J connectivity index is 1.59. The number of aromatic nitrogens is 2. The summed E-state index contributed by atoms with van der Waals surface area (Å²) >= 11 is 0. The maximum atomic E-state index is 10.8. The molecule has 0 aliphatic carbocycles. The lowest BCUT2D eigenvalue weighted by molar-refractivity contribution is -0.384. The molecule has 2 aromatic rings. The number of imidazole rings is 1. The summed E-state index contributed by atoms with van der Waals surface area (Å²) in [7, 11) is 1.99. The number of aryl methyl sites for hydroxylation is 1. The van der Waals surface area contributed by atoms with Crippen molar-refractivity contribution in [3.05, 3.63) is 52.6 Å². The zero-order valence-corrected chi connectivity index (χ0v) is 13.6. The first-order chi connectivity index (χ1) is 11.6. The number of nitrogens with zero attached hydrogens (tertiary/aromatic N) is 4. The highest BCUT2D eigenvalue weighted by atomic mass is 16.6. The Hall–Kier alpha value is -2.45. The van der Waals surface area contributed by atoms with Gasteiger partial charge in [0, 0.05) is 51.7 Å². The van der Waals surface area contributed by atoms with Gasteiger partial charge in [-0.2, -0.15) is 0 Å². The summed E-state index contributed by atoms with van der Waals surface area (Å²) in [6.45, 7) is 3.90. The van der Waals surface area contributed by atoms with Gasteiger partial charge in [0.1, 0.15) is 18.2 Å². The Bertz CT molecular complexity index is 703. The summed E-state index contributed by atoms with van der Waals surface area (Å²) in [5.41, 5.74) is 0.0422. The van der Waals surface area contributed by atoms with Crippen molar-refractivity contribution in [3.63, 3.8) is 0 Å². The third-order valence-electron chi connectivity index (χ3n) is 4.19. The Kier molecular flexibility index (Phi) is 5.07. The molecule has 24 heavy (non-hydrogen) atoms. The average molecular weight is 331 g/mol. The molecule has 128 valence electrons. The van der Waals surface area contributed by atoms with Gasteiger partial charge in [0.2, 0.25) is 0 Å². The van der Waals surface area contributed by atoms with Gasteiger partial charge in [0.15, 0.2) is 0 Å². The van der Waals surface area contributed by atoms with Gasteiger partial charge >= 0.3 is 0 Å². The van der Waals surface area contributed by atoms with Gasteiger partial charge in [-0.1, -0.05) is 6.07 Å². The van der Waals surface area contributed by atoms with Crippen LogP contribution in [-0.4, -0.2) is 52.2 Å². The molecule has 3 rings (SSSR count). The van der Waals surface area contributed by atoms with Crippen LogP contribution in [0.2, 0.25) is 0 Å². The molecule has 1 fully saturated rings. The fraction of sp³-hybridized carbons (Fsp3) is 0.438. The first kappa shape index (κ1) is 16.4. The summed E-state index contributed by atoms with van der Waals surface area (Å²) in [5.74, 6) is 1.55. The number of benzene rings is 1. The second-order valence-electron chi connectivity index (χ2n) is 5.76. The van der Waals surface area contributed by atoms with E-state index in [0.29, 0.717) is 12.4 Å². The van der Waals surface area contributed by atoms with Crippen LogP contribution in [0.15, 0.2) is 36.7 Å². The van der Waals surface area contributed by atoms with Crippen molar-refractivity contribution in [2.45, 2.75) is 6.04 Å². The highest BCUT2D eigenvalue weighted by molar-refractivity contribution is 5.37. The quantitative estimate of drug-likeness (QED) is 0.635. The molecule has 1 aromatic carbocycles. The largest absolute Gasteiger partial charge is 0.492 e. The SMILES string of the molecule is Cn1ccnc1C1CNCCN1CCOc1cccc([N+](=O)[O-])c1. The molecule has 0 radical (unpaired) electrons. The Labute approximate surface area is 140 Å². The number of hydrogen-bond acceptors (Lipinski definition) is 6. The molecule has 2 heterocycles. The molecule has 1 atom stereocenters. The van der Waals surface area contributed by atoms with Crippen molar-refractivity contribution in [2.75, 3.05) is 32.8 Å². The van der Waals surface area contributed by atoms with Gasteiger partial charge in [0.05, 0.1) is 17.0 Å². The summed E-state index contributed by atoms with van der Waals surface area (Å²) in [4.78, 5) is 17.2. The van der Waals surface area contributed by atoms with E-state index in [2.05, 4.69) is 15.2 Å². The Morgan fingerprint density at radius 2 is 2.38 bits per heavy atom. The standard InChI is InChI=1S/C16H21N5O3/c1-19-7-6-18-16(19)15-12-17-5-8-20(15)9-10-24-14-4-2-3-13(11-14)21(22)23/h2-4,6-7,11,15,17H,5,8-10,12H2,1H3. The molecule has 1 unspecified atom stereocenters. The molecular formula is C16H21N5O3. The number of non-ortho nitro benzene ring substituents is 1. The van der Waals surface area contributed by atoms with Crippen molar-refractivity contribution in [1.29, 1.82) is 0 Å². The zero-order chi connectivity index (χ0) is 16.9. The highest BCUT2D eigenvalue weighted by Crippen LogP contribution is 2.21. The zero-order valence-electron chi connectivity index (χ0n) is 13.6. The number of piperazine rings is 1. The molecule has 0 saturated carbocycles. The molecule has 8 nitrogen and oxygen atoms in total. The minimum atomic E-state index is -0.416. The number of nitrogens with one attached hydrogen (secondary N) is 1. The van der Waals surface area contributed by atoms with Crippen LogP contribution in [0.1, 0.15) is 11.9 Å². The van der Waals surface area contributed by atoms with Gasteiger partial charge < -0.3 is 14.6 Å². The lowest BCUT2D eigenvalue weighted by Crippen LogP contribution is -2.48. The summed E-state index contributed by atoms with van der Waals surface area (Å²) in [5, 5.41) is 14.2. The van der Waals surface area contributed by atoms with Crippen LogP contribution < -0.4 is 10.1 Å². The van der Waals surface area contributed by atoms with Crippen LogP contribution in [0.5, 0.6) is 5.75 Å². The first-order valence-corrected chi connectivity index (χ1v) is 7.94. The molecule has 0 bridgehead atoms. The van der Waals surface area contributed by atoms with E-state index in [9.17, 15) is 10.1 Å². The van der Waals surface area contributed by atoms with Crippen LogP contribution in [0.25, 0.3) is 0 Å².